The van der Waals surface area contributed by atoms with Crippen LogP contribution in [0.2, 0.25) is 0 Å². The van der Waals surface area contributed by atoms with Crippen LogP contribution in [0.4, 0.5) is 10.5 Å². The quantitative estimate of drug-likeness (QED) is 0.632. The number of likely N-dealkylation sites (N-methyl/N-ethyl adjacent to an activating group) is 1. The van der Waals surface area contributed by atoms with Crippen LogP contribution in [0.1, 0.15) is 30.1 Å². The minimum atomic E-state index is -0.587. The number of urea groups is 1. The highest BCUT2D eigenvalue weighted by atomic mass is 16.6. The standard InChI is InChI=1S/C15H20N4O4/c1-2-18-9-3-4-13(18)10-16-15(21)17-14(20)11-5-7-12(8-6-11)19(22)23/h5-8,13H,2-4,9-10H2,1H3,(H2,16,17,20,21). The predicted molar refractivity (Wildman–Crippen MR) is 84.2 cm³/mol. The number of rotatable bonds is 5. The molecule has 124 valence electrons. The zero-order valence-corrected chi connectivity index (χ0v) is 12.9. The molecule has 8 heteroatoms. The van der Waals surface area contributed by atoms with E-state index in [1.54, 1.807) is 0 Å². The summed E-state index contributed by atoms with van der Waals surface area (Å²) < 4.78 is 0. The summed E-state index contributed by atoms with van der Waals surface area (Å²) >= 11 is 0. The van der Waals surface area contributed by atoms with Crippen molar-refractivity contribution in [3.63, 3.8) is 0 Å². The second-order valence-corrected chi connectivity index (χ2v) is 5.39. The molecule has 0 aromatic heterocycles. The lowest BCUT2D eigenvalue weighted by molar-refractivity contribution is -0.384. The number of carbonyl (C=O) groups excluding carboxylic acids is 2. The third-order valence-corrected chi connectivity index (χ3v) is 3.97. The fourth-order valence-corrected chi connectivity index (χ4v) is 2.71. The van der Waals surface area contributed by atoms with E-state index in [1.165, 1.54) is 24.3 Å². The van der Waals surface area contributed by atoms with Gasteiger partial charge in [0.1, 0.15) is 0 Å². The van der Waals surface area contributed by atoms with Crippen LogP contribution in [0.5, 0.6) is 0 Å². The first-order chi connectivity index (χ1) is 11.0. The number of hydrogen-bond donors (Lipinski definition) is 2. The van der Waals surface area contributed by atoms with E-state index in [-0.39, 0.29) is 11.3 Å². The third-order valence-electron chi connectivity index (χ3n) is 3.97. The normalized spacial score (nSPS) is 17.7. The van der Waals surface area contributed by atoms with E-state index in [2.05, 4.69) is 22.5 Å². The largest absolute Gasteiger partial charge is 0.336 e. The van der Waals surface area contributed by atoms with Crippen molar-refractivity contribution in [1.82, 2.24) is 15.5 Å². The van der Waals surface area contributed by atoms with Crippen molar-refractivity contribution in [1.29, 1.82) is 0 Å². The Labute approximate surface area is 134 Å². The Balaban J connectivity index is 1.82. The molecule has 8 nitrogen and oxygen atoms in total. The topological polar surface area (TPSA) is 105 Å². The molecule has 0 saturated carbocycles. The maximum absolute atomic E-state index is 11.9. The van der Waals surface area contributed by atoms with Gasteiger partial charge in [0.15, 0.2) is 0 Å². The Morgan fingerprint density at radius 2 is 2.04 bits per heavy atom. The minimum absolute atomic E-state index is 0.105. The first-order valence-electron chi connectivity index (χ1n) is 7.59. The van der Waals surface area contributed by atoms with Crippen molar-refractivity contribution in [2.24, 2.45) is 0 Å². The van der Waals surface area contributed by atoms with Crippen molar-refractivity contribution in [2.75, 3.05) is 19.6 Å². The Kier molecular flexibility index (Phi) is 5.64. The fourth-order valence-electron chi connectivity index (χ4n) is 2.71. The molecule has 23 heavy (non-hydrogen) atoms. The average Bonchev–Trinajstić information content (AvgIpc) is 3.00. The number of benzene rings is 1. The number of nitrogens with zero attached hydrogens (tertiary/aromatic N) is 2. The minimum Gasteiger partial charge on any atom is -0.336 e. The maximum Gasteiger partial charge on any atom is 0.321 e. The van der Waals surface area contributed by atoms with E-state index in [0.29, 0.717) is 12.6 Å². The van der Waals surface area contributed by atoms with Gasteiger partial charge in [-0.2, -0.15) is 0 Å². The number of nitro groups is 1. The lowest BCUT2D eigenvalue weighted by Crippen LogP contribution is -2.45. The van der Waals surface area contributed by atoms with E-state index < -0.39 is 16.9 Å². The van der Waals surface area contributed by atoms with E-state index in [4.69, 9.17) is 0 Å². The molecule has 1 unspecified atom stereocenters. The molecule has 1 aliphatic rings. The number of nitro benzene ring substituents is 1. The fraction of sp³-hybridized carbons (Fsp3) is 0.467. The molecule has 1 atom stereocenters. The monoisotopic (exact) mass is 320 g/mol. The summed E-state index contributed by atoms with van der Waals surface area (Å²) in [6.45, 7) is 4.55. The van der Waals surface area contributed by atoms with Crippen LogP contribution in [-0.2, 0) is 0 Å². The lowest BCUT2D eigenvalue weighted by atomic mass is 10.2. The first kappa shape index (κ1) is 16.9. The molecule has 2 rings (SSSR count). The number of nitrogens with one attached hydrogen (secondary N) is 2. The van der Waals surface area contributed by atoms with Gasteiger partial charge in [0.05, 0.1) is 4.92 Å². The zero-order chi connectivity index (χ0) is 16.8. The van der Waals surface area contributed by atoms with Crippen LogP contribution >= 0.6 is 0 Å². The average molecular weight is 320 g/mol. The van der Waals surface area contributed by atoms with Gasteiger partial charge in [0, 0.05) is 30.3 Å². The van der Waals surface area contributed by atoms with Crippen molar-refractivity contribution >= 4 is 17.6 Å². The van der Waals surface area contributed by atoms with Gasteiger partial charge in [0.2, 0.25) is 0 Å². The van der Waals surface area contributed by atoms with E-state index in [0.717, 1.165) is 25.9 Å². The molecule has 1 saturated heterocycles. The van der Waals surface area contributed by atoms with Gasteiger partial charge < -0.3 is 5.32 Å². The van der Waals surface area contributed by atoms with E-state index in [1.807, 2.05) is 0 Å². The Morgan fingerprint density at radius 3 is 2.65 bits per heavy atom. The highest BCUT2D eigenvalue weighted by Crippen LogP contribution is 2.15. The van der Waals surface area contributed by atoms with Gasteiger partial charge in [0.25, 0.3) is 11.6 Å². The summed E-state index contributed by atoms with van der Waals surface area (Å²) in [7, 11) is 0. The molecular weight excluding hydrogens is 300 g/mol. The van der Waals surface area contributed by atoms with Crippen molar-refractivity contribution in [3.8, 4) is 0 Å². The second-order valence-electron chi connectivity index (χ2n) is 5.39. The number of hydrogen-bond acceptors (Lipinski definition) is 5. The van der Waals surface area contributed by atoms with Crippen LogP contribution in [0.25, 0.3) is 0 Å². The Hall–Kier alpha value is -2.48. The smallest absolute Gasteiger partial charge is 0.321 e. The zero-order valence-electron chi connectivity index (χ0n) is 12.9. The summed E-state index contributed by atoms with van der Waals surface area (Å²) in [5, 5.41) is 15.5. The number of imide groups is 1. The number of likely N-dealkylation sites (tertiary alicyclic amines) is 1. The number of carbonyl (C=O) groups is 2. The number of non-ortho nitro benzene ring substituents is 1. The molecule has 1 aliphatic heterocycles. The van der Waals surface area contributed by atoms with Crippen LogP contribution in [0, 0.1) is 10.1 Å². The van der Waals surface area contributed by atoms with Gasteiger partial charge in [-0.05, 0) is 38.1 Å². The molecule has 1 aromatic carbocycles. The van der Waals surface area contributed by atoms with Crippen LogP contribution in [0.3, 0.4) is 0 Å². The molecule has 0 aliphatic carbocycles. The summed E-state index contributed by atoms with van der Waals surface area (Å²) in [6, 6.07) is 4.83. The molecule has 0 spiro atoms. The van der Waals surface area contributed by atoms with Gasteiger partial charge >= 0.3 is 6.03 Å². The highest BCUT2D eigenvalue weighted by molar-refractivity contribution is 6.04. The number of amides is 3. The van der Waals surface area contributed by atoms with Gasteiger partial charge in [-0.1, -0.05) is 6.92 Å². The summed E-state index contributed by atoms with van der Waals surface area (Å²) in [5.74, 6) is -0.587. The van der Waals surface area contributed by atoms with Gasteiger partial charge in [-0.15, -0.1) is 0 Å². The van der Waals surface area contributed by atoms with E-state index >= 15 is 0 Å². The van der Waals surface area contributed by atoms with Crippen LogP contribution < -0.4 is 10.6 Å². The molecular formula is C15H20N4O4. The highest BCUT2D eigenvalue weighted by Gasteiger charge is 2.23. The molecule has 1 heterocycles. The molecule has 1 aromatic rings. The van der Waals surface area contributed by atoms with Crippen LogP contribution in [-0.4, -0.2) is 47.4 Å². The van der Waals surface area contributed by atoms with Crippen molar-refractivity contribution < 1.29 is 14.5 Å². The molecule has 1 fully saturated rings. The Morgan fingerprint density at radius 1 is 1.35 bits per heavy atom. The Bertz CT molecular complexity index is 588. The van der Waals surface area contributed by atoms with Gasteiger partial charge in [-0.3, -0.25) is 25.1 Å². The summed E-state index contributed by atoms with van der Waals surface area (Å²) in [4.78, 5) is 36.0. The molecule has 0 bridgehead atoms. The van der Waals surface area contributed by atoms with Crippen molar-refractivity contribution in [2.45, 2.75) is 25.8 Å². The molecule has 3 amide bonds. The third kappa shape index (κ3) is 4.49. The summed E-state index contributed by atoms with van der Waals surface area (Å²) in [6.07, 6.45) is 2.15. The molecule has 2 N–H and O–H groups in total. The van der Waals surface area contributed by atoms with Gasteiger partial charge in [-0.25, -0.2) is 4.79 Å². The predicted octanol–water partition coefficient (Wildman–Crippen LogP) is 1.52. The SMILES string of the molecule is CCN1CCCC1CNC(=O)NC(=O)c1ccc([N+](=O)[O-])cc1. The van der Waals surface area contributed by atoms with Crippen LogP contribution in [0.15, 0.2) is 24.3 Å². The van der Waals surface area contributed by atoms with Crippen molar-refractivity contribution in [3.05, 3.63) is 39.9 Å². The second kappa shape index (κ2) is 7.68. The first-order valence-corrected chi connectivity index (χ1v) is 7.59. The lowest BCUT2D eigenvalue weighted by Gasteiger charge is -2.22. The maximum atomic E-state index is 11.9. The van der Waals surface area contributed by atoms with E-state index in [9.17, 15) is 19.7 Å². The summed E-state index contributed by atoms with van der Waals surface area (Å²) in [5.41, 5.74) is 0.0914. The molecule has 0 radical (unpaired) electrons.